The molecule has 0 unspecified atom stereocenters. The molecule has 0 aromatic heterocycles. The van der Waals surface area contributed by atoms with Crippen molar-refractivity contribution in [3.63, 3.8) is 0 Å². The summed E-state index contributed by atoms with van der Waals surface area (Å²) in [5.41, 5.74) is 0. The van der Waals surface area contributed by atoms with E-state index in [0.29, 0.717) is 6.61 Å². The van der Waals surface area contributed by atoms with Crippen molar-refractivity contribution in [2.24, 2.45) is 0 Å². The van der Waals surface area contributed by atoms with Crippen LogP contribution < -0.4 is 0 Å². The van der Waals surface area contributed by atoms with Crippen LogP contribution in [0.2, 0.25) is 0 Å². The van der Waals surface area contributed by atoms with Crippen LogP contribution >= 0.6 is 12.6 Å². The van der Waals surface area contributed by atoms with Gasteiger partial charge in [-0.15, -0.1) is 0 Å². The van der Waals surface area contributed by atoms with Crippen LogP contribution in [0.3, 0.4) is 0 Å². The summed E-state index contributed by atoms with van der Waals surface area (Å²) < 4.78 is 4.48. The third-order valence-corrected chi connectivity index (χ3v) is 0.693. The van der Waals surface area contributed by atoms with Crippen molar-refractivity contribution in [1.82, 2.24) is 0 Å². The SMILES string of the molecule is CCOC(=O)CS.[SiH4]. The lowest BCUT2D eigenvalue weighted by Crippen LogP contribution is -2.03. The maximum Gasteiger partial charge on any atom is 0.315 e. The van der Waals surface area contributed by atoms with Crippen molar-refractivity contribution < 1.29 is 9.53 Å². The quantitative estimate of drug-likeness (QED) is 0.313. The summed E-state index contributed by atoms with van der Waals surface area (Å²) in [7, 11) is 0. The second kappa shape index (κ2) is 7.04. The van der Waals surface area contributed by atoms with Crippen LogP contribution in [0.5, 0.6) is 0 Å². The number of hydrogen-bond acceptors (Lipinski definition) is 3. The molecule has 0 saturated carbocycles. The smallest absolute Gasteiger partial charge is 0.315 e. The van der Waals surface area contributed by atoms with Gasteiger partial charge in [0.1, 0.15) is 0 Å². The Morgan fingerprint density at radius 3 is 2.38 bits per heavy atom. The highest BCUT2D eigenvalue weighted by Crippen LogP contribution is 1.78. The number of thiol groups is 1. The predicted octanol–water partition coefficient (Wildman–Crippen LogP) is -0.972. The zero-order valence-electron chi connectivity index (χ0n) is 4.18. The second-order valence-corrected chi connectivity index (χ2v) is 1.28. The van der Waals surface area contributed by atoms with Crippen molar-refractivity contribution >= 4 is 29.6 Å². The van der Waals surface area contributed by atoms with Crippen LogP contribution in [0, 0.1) is 0 Å². The molecule has 0 aliphatic rings. The second-order valence-electron chi connectivity index (χ2n) is 0.963. The molecule has 0 atom stereocenters. The molecule has 2 nitrogen and oxygen atoms in total. The Balaban J connectivity index is 0. The van der Waals surface area contributed by atoms with Gasteiger partial charge in [-0.05, 0) is 17.9 Å². The Morgan fingerprint density at radius 2 is 2.25 bits per heavy atom. The van der Waals surface area contributed by atoms with Crippen molar-refractivity contribution in [2.75, 3.05) is 12.4 Å². The molecule has 8 heavy (non-hydrogen) atoms. The third kappa shape index (κ3) is 6.04. The first-order valence-corrected chi connectivity index (χ1v) is 2.71. The van der Waals surface area contributed by atoms with Gasteiger partial charge in [-0.2, -0.15) is 12.6 Å². The summed E-state index contributed by atoms with van der Waals surface area (Å²) in [6.07, 6.45) is 0. The van der Waals surface area contributed by atoms with Gasteiger partial charge in [-0.1, -0.05) is 0 Å². The molecule has 50 valence electrons. The van der Waals surface area contributed by atoms with Gasteiger partial charge in [0.2, 0.25) is 0 Å². The molecule has 0 aromatic carbocycles. The van der Waals surface area contributed by atoms with Crippen LogP contribution in [0.15, 0.2) is 0 Å². The Morgan fingerprint density at radius 1 is 1.75 bits per heavy atom. The van der Waals surface area contributed by atoms with E-state index in [1.54, 1.807) is 6.92 Å². The highest BCUT2D eigenvalue weighted by atomic mass is 32.1. The van der Waals surface area contributed by atoms with E-state index in [9.17, 15) is 4.79 Å². The number of rotatable bonds is 2. The van der Waals surface area contributed by atoms with Gasteiger partial charge < -0.3 is 4.74 Å². The van der Waals surface area contributed by atoms with E-state index in [0.717, 1.165) is 0 Å². The molecule has 0 heterocycles. The number of esters is 1. The zero-order chi connectivity index (χ0) is 5.70. The first-order valence-electron chi connectivity index (χ1n) is 2.07. The van der Waals surface area contributed by atoms with Crippen LogP contribution in [0.4, 0.5) is 0 Å². The Labute approximate surface area is 59.0 Å². The fourth-order valence-electron chi connectivity index (χ4n) is 0.207. The molecule has 0 aliphatic heterocycles. The number of ether oxygens (including phenoxy) is 1. The van der Waals surface area contributed by atoms with E-state index >= 15 is 0 Å². The highest BCUT2D eigenvalue weighted by Gasteiger charge is 1.91. The van der Waals surface area contributed by atoms with Gasteiger partial charge in [0, 0.05) is 0 Å². The van der Waals surface area contributed by atoms with E-state index in [-0.39, 0.29) is 22.7 Å². The molecular formula is C4H12O2SSi. The van der Waals surface area contributed by atoms with E-state index in [1.165, 1.54) is 0 Å². The molecule has 0 bridgehead atoms. The molecule has 0 aliphatic carbocycles. The van der Waals surface area contributed by atoms with E-state index in [1.807, 2.05) is 0 Å². The third-order valence-electron chi connectivity index (χ3n) is 0.434. The van der Waals surface area contributed by atoms with Crippen LogP contribution in [0.25, 0.3) is 0 Å². The van der Waals surface area contributed by atoms with Crippen LogP contribution in [-0.2, 0) is 9.53 Å². The van der Waals surface area contributed by atoms with Crippen molar-refractivity contribution in [1.29, 1.82) is 0 Å². The topological polar surface area (TPSA) is 26.3 Å². The van der Waals surface area contributed by atoms with E-state index in [4.69, 9.17) is 0 Å². The summed E-state index contributed by atoms with van der Waals surface area (Å²) in [5.74, 6) is -0.0840. The van der Waals surface area contributed by atoms with Crippen LogP contribution in [-0.4, -0.2) is 29.3 Å². The number of hydrogen-bond donors (Lipinski definition) is 1. The van der Waals surface area contributed by atoms with Gasteiger partial charge in [-0.3, -0.25) is 4.79 Å². The summed E-state index contributed by atoms with van der Waals surface area (Å²) in [6.45, 7) is 2.21. The molecule has 0 aromatic rings. The highest BCUT2D eigenvalue weighted by molar-refractivity contribution is 7.81. The first kappa shape index (κ1) is 10.9. The molecule has 0 fully saturated rings. The van der Waals surface area contributed by atoms with Gasteiger partial charge >= 0.3 is 5.97 Å². The lowest BCUT2D eigenvalue weighted by Gasteiger charge is -1.93. The van der Waals surface area contributed by atoms with Crippen LogP contribution in [0.1, 0.15) is 6.92 Å². The van der Waals surface area contributed by atoms with E-state index in [2.05, 4.69) is 17.4 Å². The Kier molecular flexibility index (Phi) is 9.61. The van der Waals surface area contributed by atoms with Gasteiger partial charge in [0.15, 0.2) is 0 Å². The Hall–Kier alpha value is 0.0369. The van der Waals surface area contributed by atoms with E-state index < -0.39 is 0 Å². The molecule has 0 rings (SSSR count). The number of carbonyl (C=O) groups excluding carboxylic acids is 1. The first-order chi connectivity index (χ1) is 3.31. The molecule has 0 radical (unpaired) electrons. The Bertz CT molecular complexity index is 67.1. The zero-order valence-corrected chi connectivity index (χ0v) is 5.07. The molecule has 0 spiro atoms. The van der Waals surface area contributed by atoms with Gasteiger partial charge in [-0.25, -0.2) is 0 Å². The lowest BCUT2D eigenvalue weighted by molar-refractivity contribution is -0.139. The molecule has 0 saturated heterocycles. The maximum absolute atomic E-state index is 10.1. The summed E-state index contributed by atoms with van der Waals surface area (Å²) in [6, 6.07) is 0. The molecule has 4 heteroatoms. The minimum absolute atomic E-state index is 0. The normalized spacial score (nSPS) is 7.25. The van der Waals surface area contributed by atoms with Crippen molar-refractivity contribution in [3.05, 3.63) is 0 Å². The molecular weight excluding hydrogens is 140 g/mol. The monoisotopic (exact) mass is 152 g/mol. The minimum Gasteiger partial charge on any atom is -0.465 e. The van der Waals surface area contributed by atoms with Crippen molar-refractivity contribution in [2.45, 2.75) is 6.92 Å². The summed E-state index contributed by atoms with van der Waals surface area (Å²) >= 11 is 3.67. The fourth-order valence-corrected chi connectivity index (χ4v) is 0.298. The largest absolute Gasteiger partial charge is 0.465 e. The molecule has 0 N–H and O–H groups in total. The van der Waals surface area contributed by atoms with Gasteiger partial charge in [0.05, 0.1) is 12.4 Å². The van der Waals surface area contributed by atoms with Crippen molar-refractivity contribution in [3.8, 4) is 0 Å². The number of carbonyl (C=O) groups is 1. The van der Waals surface area contributed by atoms with Gasteiger partial charge in [0.25, 0.3) is 0 Å². The minimum atomic E-state index is -0.258. The summed E-state index contributed by atoms with van der Waals surface area (Å²) in [5, 5.41) is 0. The standard InChI is InChI=1S/C4H8O2S.H4Si/c1-2-6-4(5)3-7;/h7H,2-3H2,1H3;1H4. The fraction of sp³-hybridized carbons (Fsp3) is 0.750. The predicted molar refractivity (Wildman–Crippen MR) is 41.8 cm³/mol. The average Bonchev–Trinajstić information content (AvgIpc) is 1.68. The maximum atomic E-state index is 10.1. The molecule has 0 amide bonds. The average molecular weight is 152 g/mol. The lowest BCUT2D eigenvalue weighted by atomic mass is 10.8. The summed E-state index contributed by atoms with van der Waals surface area (Å²) in [4.78, 5) is 10.1.